The molecule has 1 heterocycles. The summed E-state index contributed by atoms with van der Waals surface area (Å²) in [6.45, 7) is 3.23. The summed E-state index contributed by atoms with van der Waals surface area (Å²) >= 11 is 0. The van der Waals surface area contributed by atoms with Crippen molar-refractivity contribution in [3.05, 3.63) is 35.9 Å². The van der Waals surface area contributed by atoms with Crippen LogP contribution >= 0.6 is 0 Å². The van der Waals surface area contributed by atoms with Crippen LogP contribution in [0.2, 0.25) is 0 Å². The Balaban J connectivity index is 1.82. The first-order valence-electron chi connectivity index (χ1n) is 6.43. The lowest BCUT2D eigenvalue weighted by Gasteiger charge is -2.35. The fraction of sp³-hybridized carbons (Fsp3) is 0.571. The van der Waals surface area contributed by atoms with E-state index in [0.717, 1.165) is 13.0 Å². The Morgan fingerprint density at radius 3 is 2.65 bits per heavy atom. The molecular formula is C14H20N2O. The molecule has 3 N–H and O–H groups in total. The van der Waals surface area contributed by atoms with Crippen LogP contribution in [0.25, 0.3) is 0 Å². The average molecular weight is 232 g/mol. The number of aliphatic hydroxyl groups is 1. The van der Waals surface area contributed by atoms with Crippen LogP contribution in [-0.2, 0) is 0 Å². The highest BCUT2D eigenvalue weighted by atomic mass is 16.3. The first-order chi connectivity index (χ1) is 8.18. The molecule has 1 saturated heterocycles. The highest BCUT2D eigenvalue weighted by Crippen LogP contribution is 2.41. The molecule has 2 aliphatic rings. The van der Waals surface area contributed by atoms with E-state index in [-0.39, 0.29) is 18.2 Å². The maximum absolute atomic E-state index is 10.0. The van der Waals surface area contributed by atoms with Gasteiger partial charge in [-0.05, 0) is 24.8 Å². The molecule has 0 spiro atoms. The van der Waals surface area contributed by atoms with Gasteiger partial charge in [0.2, 0.25) is 0 Å². The SMILES string of the molecule is CC(c1ccccc1)N1C[C@H]2C[C@H](O)[C@H]1[C@@H]2N. The number of likely N-dealkylation sites (tertiary alicyclic amines) is 1. The van der Waals surface area contributed by atoms with E-state index in [4.69, 9.17) is 5.73 Å². The van der Waals surface area contributed by atoms with Crippen molar-refractivity contribution in [3.63, 3.8) is 0 Å². The smallest absolute Gasteiger partial charge is 0.0714 e. The Bertz CT molecular complexity index is 394. The Hall–Kier alpha value is -0.900. The molecule has 1 aromatic rings. The van der Waals surface area contributed by atoms with E-state index in [2.05, 4.69) is 36.1 Å². The number of rotatable bonds is 2. The Morgan fingerprint density at radius 1 is 1.35 bits per heavy atom. The third-order valence-corrected chi connectivity index (χ3v) is 4.48. The van der Waals surface area contributed by atoms with Crippen molar-refractivity contribution in [2.45, 2.75) is 37.6 Å². The summed E-state index contributed by atoms with van der Waals surface area (Å²) in [6, 6.07) is 11.1. The zero-order valence-electron chi connectivity index (χ0n) is 10.2. The molecule has 2 fully saturated rings. The Kier molecular flexibility index (Phi) is 2.69. The largest absolute Gasteiger partial charge is 0.391 e. The van der Waals surface area contributed by atoms with Gasteiger partial charge in [-0.25, -0.2) is 0 Å². The van der Waals surface area contributed by atoms with Crippen molar-refractivity contribution < 1.29 is 5.11 Å². The normalized spacial score (nSPS) is 38.5. The van der Waals surface area contributed by atoms with Gasteiger partial charge in [0, 0.05) is 18.6 Å². The minimum Gasteiger partial charge on any atom is -0.391 e. The van der Waals surface area contributed by atoms with E-state index in [1.165, 1.54) is 5.56 Å². The molecule has 1 aromatic carbocycles. The molecular weight excluding hydrogens is 212 g/mol. The summed E-state index contributed by atoms with van der Waals surface area (Å²) in [7, 11) is 0. The summed E-state index contributed by atoms with van der Waals surface area (Å²) in [6.07, 6.45) is 0.638. The molecule has 5 atom stereocenters. The third-order valence-electron chi connectivity index (χ3n) is 4.48. The van der Waals surface area contributed by atoms with Gasteiger partial charge in [-0.15, -0.1) is 0 Å². The topological polar surface area (TPSA) is 49.5 Å². The monoisotopic (exact) mass is 232 g/mol. The van der Waals surface area contributed by atoms with Crippen LogP contribution in [0.1, 0.15) is 24.9 Å². The second-order valence-corrected chi connectivity index (χ2v) is 5.41. The van der Waals surface area contributed by atoms with Crippen molar-refractivity contribution in [2.24, 2.45) is 11.7 Å². The lowest BCUT2D eigenvalue weighted by molar-refractivity contribution is 0.0345. The molecule has 0 amide bonds. The predicted octanol–water partition coefficient (Wildman–Crippen LogP) is 1.14. The molecule has 2 bridgehead atoms. The van der Waals surface area contributed by atoms with Gasteiger partial charge in [0.05, 0.1) is 12.1 Å². The van der Waals surface area contributed by atoms with Crippen LogP contribution in [0.3, 0.4) is 0 Å². The molecule has 17 heavy (non-hydrogen) atoms. The quantitative estimate of drug-likeness (QED) is 0.804. The van der Waals surface area contributed by atoms with E-state index in [1.54, 1.807) is 0 Å². The Morgan fingerprint density at radius 2 is 2.06 bits per heavy atom. The molecule has 3 nitrogen and oxygen atoms in total. The molecule has 1 aliphatic carbocycles. The average Bonchev–Trinajstić information content (AvgIpc) is 2.81. The molecule has 3 heteroatoms. The van der Waals surface area contributed by atoms with Crippen molar-refractivity contribution >= 4 is 0 Å². The van der Waals surface area contributed by atoms with Crippen molar-refractivity contribution in [2.75, 3.05) is 6.54 Å². The summed E-state index contributed by atoms with van der Waals surface area (Å²) in [4.78, 5) is 2.37. The van der Waals surface area contributed by atoms with Gasteiger partial charge in [0.15, 0.2) is 0 Å². The minimum absolute atomic E-state index is 0.148. The van der Waals surface area contributed by atoms with E-state index in [9.17, 15) is 5.11 Å². The van der Waals surface area contributed by atoms with Crippen LogP contribution < -0.4 is 5.73 Å². The van der Waals surface area contributed by atoms with Gasteiger partial charge in [-0.1, -0.05) is 30.3 Å². The molecule has 0 aromatic heterocycles. The zero-order chi connectivity index (χ0) is 12.0. The predicted molar refractivity (Wildman–Crippen MR) is 67.4 cm³/mol. The van der Waals surface area contributed by atoms with Crippen LogP contribution in [0.5, 0.6) is 0 Å². The lowest BCUT2D eigenvalue weighted by Crippen LogP contribution is -2.46. The number of nitrogens with zero attached hydrogens (tertiary/aromatic N) is 1. The maximum Gasteiger partial charge on any atom is 0.0714 e. The number of hydrogen-bond acceptors (Lipinski definition) is 3. The van der Waals surface area contributed by atoms with Crippen LogP contribution in [0, 0.1) is 5.92 Å². The van der Waals surface area contributed by atoms with Gasteiger partial charge < -0.3 is 10.8 Å². The Labute approximate surface area is 102 Å². The second-order valence-electron chi connectivity index (χ2n) is 5.41. The minimum atomic E-state index is -0.241. The van der Waals surface area contributed by atoms with Gasteiger partial charge in [0.25, 0.3) is 0 Å². The fourth-order valence-corrected chi connectivity index (χ4v) is 3.51. The highest BCUT2D eigenvalue weighted by molar-refractivity contribution is 5.20. The second kappa shape index (κ2) is 4.09. The molecule has 1 unspecified atom stereocenters. The first-order valence-corrected chi connectivity index (χ1v) is 6.43. The number of nitrogens with two attached hydrogens (primary N) is 1. The molecule has 3 rings (SSSR count). The fourth-order valence-electron chi connectivity index (χ4n) is 3.51. The van der Waals surface area contributed by atoms with Gasteiger partial charge in [-0.3, -0.25) is 4.90 Å². The van der Waals surface area contributed by atoms with Gasteiger partial charge in [-0.2, -0.15) is 0 Å². The lowest BCUT2D eigenvalue weighted by atomic mass is 10.0. The van der Waals surface area contributed by atoms with Crippen LogP contribution in [-0.4, -0.2) is 34.7 Å². The van der Waals surface area contributed by atoms with Crippen molar-refractivity contribution in [1.82, 2.24) is 4.90 Å². The molecule has 92 valence electrons. The molecule has 1 aliphatic heterocycles. The third kappa shape index (κ3) is 1.69. The van der Waals surface area contributed by atoms with Gasteiger partial charge >= 0.3 is 0 Å². The molecule has 1 saturated carbocycles. The molecule has 0 radical (unpaired) electrons. The van der Waals surface area contributed by atoms with E-state index < -0.39 is 0 Å². The first kappa shape index (κ1) is 11.2. The van der Waals surface area contributed by atoms with E-state index in [1.807, 2.05) is 6.07 Å². The number of fused-ring (bicyclic) bond motifs is 2. The van der Waals surface area contributed by atoms with E-state index in [0.29, 0.717) is 12.0 Å². The number of aliphatic hydroxyl groups excluding tert-OH is 1. The van der Waals surface area contributed by atoms with E-state index >= 15 is 0 Å². The summed E-state index contributed by atoms with van der Waals surface area (Å²) in [5, 5.41) is 10.0. The number of hydrogen-bond donors (Lipinski definition) is 2. The summed E-state index contributed by atoms with van der Waals surface area (Å²) < 4.78 is 0. The zero-order valence-corrected chi connectivity index (χ0v) is 10.2. The number of benzene rings is 1. The van der Waals surface area contributed by atoms with Crippen molar-refractivity contribution in [1.29, 1.82) is 0 Å². The van der Waals surface area contributed by atoms with Crippen LogP contribution in [0.15, 0.2) is 30.3 Å². The standard InChI is InChI=1S/C14H20N2O/c1-9(10-5-3-2-4-6-10)16-8-11-7-12(17)14(16)13(11)15/h2-6,9,11-14,17H,7-8,15H2,1H3/t9?,11-,12+,13-,14+/m1/s1. The number of piperidine rings is 1. The summed E-state index contributed by atoms with van der Waals surface area (Å²) in [5.74, 6) is 0.473. The summed E-state index contributed by atoms with van der Waals surface area (Å²) in [5.41, 5.74) is 7.48. The van der Waals surface area contributed by atoms with Gasteiger partial charge in [0.1, 0.15) is 0 Å². The van der Waals surface area contributed by atoms with Crippen LogP contribution in [0.4, 0.5) is 0 Å². The highest BCUT2D eigenvalue weighted by Gasteiger charge is 2.51. The van der Waals surface area contributed by atoms with Crippen molar-refractivity contribution in [3.8, 4) is 0 Å². The maximum atomic E-state index is 10.0.